The van der Waals surface area contributed by atoms with Crippen LogP contribution in [0.1, 0.15) is 18.4 Å². The number of hydrogen-bond acceptors (Lipinski definition) is 4. The summed E-state index contributed by atoms with van der Waals surface area (Å²) in [5.41, 5.74) is 2.00. The molecule has 3 amide bonds. The van der Waals surface area contributed by atoms with Crippen molar-refractivity contribution in [3.63, 3.8) is 0 Å². The predicted molar refractivity (Wildman–Crippen MR) is 99.8 cm³/mol. The monoisotopic (exact) mass is 416 g/mol. The molecule has 4 rings (SSSR count). The topological polar surface area (TPSA) is 66.5 Å². The van der Waals surface area contributed by atoms with E-state index >= 15 is 0 Å². The molecule has 126 valence electrons. The summed E-state index contributed by atoms with van der Waals surface area (Å²) < 4.78 is 0.802. The van der Waals surface area contributed by atoms with E-state index in [1.807, 2.05) is 30.3 Å². The molecule has 2 unspecified atom stereocenters. The normalized spacial score (nSPS) is 21.6. The molecule has 5 nitrogen and oxygen atoms in total. The number of carbonyl (C=O) groups is 3. The van der Waals surface area contributed by atoms with Gasteiger partial charge in [-0.05, 0) is 35.9 Å². The number of imide groups is 1. The maximum atomic E-state index is 13.0. The van der Waals surface area contributed by atoms with Gasteiger partial charge in [-0.3, -0.25) is 14.4 Å². The lowest BCUT2D eigenvalue weighted by Gasteiger charge is -2.27. The second-order valence-corrected chi connectivity index (χ2v) is 8.00. The maximum absolute atomic E-state index is 13.0. The highest BCUT2D eigenvalue weighted by atomic mass is 79.9. The van der Waals surface area contributed by atoms with E-state index in [4.69, 9.17) is 0 Å². The molecule has 0 aromatic heterocycles. The molecule has 0 spiro atoms. The first-order chi connectivity index (χ1) is 12.0. The fourth-order valence-corrected chi connectivity index (χ4v) is 4.89. The Bertz CT molecular complexity index is 930. The van der Waals surface area contributed by atoms with Gasteiger partial charge < -0.3 is 5.32 Å². The molecule has 1 N–H and O–H groups in total. The highest BCUT2D eigenvalue weighted by molar-refractivity contribution is 9.10. The second-order valence-electron chi connectivity index (χ2n) is 5.90. The van der Waals surface area contributed by atoms with Crippen molar-refractivity contribution >= 4 is 56.8 Å². The van der Waals surface area contributed by atoms with Crippen LogP contribution in [0.4, 0.5) is 11.4 Å². The quantitative estimate of drug-likeness (QED) is 0.771. The van der Waals surface area contributed by atoms with Crippen molar-refractivity contribution in [3.05, 3.63) is 52.5 Å². The number of carbonyl (C=O) groups excluding carboxylic acids is 3. The summed E-state index contributed by atoms with van der Waals surface area (Å²) in [4.78, 5) is 39.7. The summed E-state index contributed by atoms with van der Waals surface area (Å²) in [5.74, 6) is -1.63. The molecular weight excluding hydrogens is 404 g/mol. The zero-order valence-corrected chi connectivity index (χ0v) is 15.6. The van der Waals surface area contributed by atoms with Crippen molar-refractivity contribution in [2.24, 2.45) is 0 Å². The zero-order chi connectivity index (χ0) is 17.7. The highest BCUT2D eigenvalue weighted by Gasteiger charge is 2.47. The van der Waals surface area contributed by atoms with Gasteiger partial charge >= 0.3 is 0 Å². The number of amides is 3. The lowest BCUT2D eigenvalue weighted by molar-refractivity contribution is -0.127. The first-order valence-electron chi connectivity index (χ1n) is 7.68. The van der Waals surface area contributed by atoms with Crippen LogP contribution in [0, 0.1) is 0 Å². The number of rotatable bonds is 1. The fraction of sp³-hybridized carbons (Fsp3) is 0.167. The summed E-state index contributed by atoms with van der Waals surface area (Å²) in [7, 11) is 0. The fourth-order valence-electron chi connectivity index (χ4n) is 3.27. The molecule has 2 atom stereocenters. The van der Waals surface area contributed by atoms with E-state index in [1.54, 1.807) is 12.1 Å². The highest BCUT2D eigenvalue weighted by Crippen LogP contribution is 2.48. The van der Waals surface area contributed by atoms with E-state index in [2.05, 4.69) is 21.2 Å². The molecule has 0 saturated carbocycles. The minimum absolute atomic E-state index is 0.224. The van der Waals surface area contributed by atoms with E-state index in [0.29, 0.717) is 11.3 Å². The van der Waals surface area contributed by atoms with E-state index in [0.717, 1.165) is 15.1 Å². The lowest BCUT2D eigenvalue weighted by atomic mass is 9.96. The molecule has 0 saturated heterocycles. The Hall–Kier alpha value is -2.12. The van der Waals surface area contributed by atoms with Crippen molar-refractivity contribution in [3.8, 4) is 0 Å². The molecule has 2 aliphatic heterocycles. The molecule has 2 heterocycles. The minimum Gasteiger partial charge on any atom is -0.324 e. The summed E-state index contributed by atoms with van der Waals surface area (Å²) in [6.45, 7) is 1.36. The summed E-state index contributed by atoms with van der Waals surface area (Å²) >= 11 is 4.78. The number of halogens is 1. The summed E-state index contributed by atoms with van der Waals surface area (Å²) in [5, 5.41) is 2.24. The molecule has 0 bridgehead atoms. The third-order valence-corrected chi connectivity index (χ3v) is 6.17. The predicted octanol–water partition coefficient (Wildman–Crippen LogP) is 3.54. The van der Waals surface area contributed by atoms with Crippen LogP contribution in [0.25, 0.3) is 0 Å². The first kappa shape index (κ1) is 16.4. The van der Waals surface area contributed by atoms with E-state index in [1.165, 1.54) is 23.6 Å². The molecule has 0 aliphatic carbocycles. The van der Waals surface area contributed by atoms with Gasteiger partial charge in [0.05, 0.1) is 17.3 Å². The van der Waals surface area contributed by atoms with Crippen molar-refractivity contribution in [2.45, 2.75) is 23.0 Å². The van der Waals surface area contributed by atoms with Crippen LogP contribution in [-0.2, 0) is 14.4 Å². The lowest BCUT2D eigenvalue weighted by Crippen LogP contribution is -2.40. The summed E-state index contributed by atoms with van der Waals surface area (Å²) in [6.07, 6.45) is 0. The standard InChI is InChI=1S/C18H13BrN2O3S/c1-9(22)21-13-7-6-10(19)8-11(13)15(18(21)24)16-17(23)20-12-4-2-3-5-14(12)25-16/h2-8,15-16H,1H3,(H,20,23). The molecule has 2 aliphatic rings. The molecule has 2 aromatic carbocycles. The Morgan fingerprint density at radius 1 is 1.20 bits per heavy atom. The Morgan fingerprint density at radius 3 is 2.72 bits per heavy atom. The average Bonchev–Trinajstić information content (AvgIpc) is 2.85. The van der Waals surface area contributed by atoms with Crippen LogP contribution in [0.5, 0.6) is 0 Å². The van der Waals surface area contributed by atoms with E-state index in [9.17, 15) is 14.4 Å². The van der Waals surface area contributed by atoms with Crippen molar-refractivity contribution in [1.29, 1.82) is 0 Å². The third-order valence-electron chi connectivity index (χ3n) is 4.33. The summed E-state index contributed by atoms with van der Waals surface area (Å²) in [6, 6.07) is 12.8. The van der Waals surface area contributed by atoms with Crippen LogP contribution in [0.2, 0.25) is 0 Å². The number of fused-ring (bicyclic) bond motifs is 2. The molecule has 7 heteroatoms. The van der Waals surface area contributed by atoms with Gasteiger partial charge in [-0.25, -0.2) is 4.90 Å². The number of anilines is 2. The Balaban J connectivity index is 1.81. The van der Waals surface area contributed by atoms with Gasteiger partial charge in [0.25, 0.3) is 0 Å². The minimum atomic E-state index is -0.699. The maximum Gasteiger partial charge on any atom is 0.243 e. The number of benzene rings is 2. The number of nitrogens with zero attached hydrogens (tertiary/aromatic N) is 1. The molecular formula is C18H13BrN2O3S. The van der Waals surface area contributed by atoms with Gasteiger partial charge in [0, 0.05) is 16.3 Å². The van der Waals surface area contributed by atoms with Gasteiger partial charge in [-0.2, -0.15) is 0 Å². The Kier molecular flexibility index (Phi) is 3.92. The van der Waals surface area contributed by atoms with Crippen LogP contribution in [0.3, 0.4) is 0 Å². The molecule has 2 aromatic rings. The third kappa shape index (κ3) is 2.58. The van der Waals surface area contributed by atoms with Gasteiger partial charge in [0.2, 0.25) is 17.7 Å². The SMILES string of the molecule is CC(=O)N1C(=O)C(C2Sc3ccccc3NC2=O)c2cc(Br)ccc21. The average molecular weight is 417 g/mol. The number of para-hydroxylation sites is 1. The number of nitrogens with one attached hydrogen (secondary N) is 1. The largest absolute Gasteiger partial charge is 0.324 e. The molecule has 0 radical (unpaired) electrons. The molecule has 0 fully saturated rings. The zero-order valence-electron chi connectivity index (χ0n) is 13.2. The number of hydrogen-bond donors (Lipinski definition) is 1. The Morgan fingerprint density at radius 2 is 1.96 bits per heavy atom. The van der Waals surface area contributed by atoms with Gasteiger partial charge in [0.1, 0.15) is 5.25 Å². The smallest absolute Gasteiger partial charge is 0.243 e. The van der Waals surface area contributed by atoms with E-state index in [-0.39, 0.29) is 17.7 Å². The Labute approximate surface area is 156 Å². The van der Waals surface area contributed by atoms with Crippen molar-refractivity contribution in [1.82, 2.24) is 0 Å². The van der Waals surface area contributed by atoms with Crippen molar-refractivity contribution < 1.29 is 14.4 Å². The second kappa shape index (κ2) is 6.00. The molecule has 25 heavy (non-hydrogen) atoms. The van der Waals surface area contributed by atoms with Gasteiger partial charge in [-0.15, -0.1) is 11.8 Å². The van der Waals surface area contributed by atoms with Crippen LogP contribution < -0.4 is 10.2 Å². The van der Waals surface area contributed by atoms with Crippen molar-refractivity contribution in [2.75, 3.05) is 10.2 Å². The van der Waals surface area contributed by atoms with Crippen LogP contribution in [0.15, 0.2) is 51.8 Å². The van der Waals surface area contributed by atoms with Gasteiger partial charge in [0.15, 0.2) is 0 Å². The van der Waals surface area contributed by atoms with Crippen LogP contribution >= 0.6 is 27.7 Å². The van der Waals surface area contributed by atoms with Crippen LogP contribution in [-0.4, -0.2) is 23.0 Å². The van der Waals surface area contributed by atoms with E-state index < -0.39 is 11.2 Å². The number of thioether (sulfide) groups is 1. The first-order valence-corrected chi connectivity index (χ1v) is 9.35. The van der Waals surface area contributed by atoms with Gasteiger partial charge in [-0.1, -0.05) is 28.1 Å².